The van der Waals surface area contributed by atoms with Crippen LogP contribution in [-0.4, -0.2) is 55.7 Å². The zero-order chi connectivity index (χ0) is 24.4. The molecule has 1 unspecified atom stereocenters. The first-order chi connectivity index (χ1) is 15.4. The van der Waals surface area contributed by atoms with Crippen LogP contribution in [0.1, 0.15) is 60.4 Å². The molecular formula is C27H38N2O3Si. The fourth-order valence-electron chi connectivity index (χ4n) is 4.00. The monoisotopic (exact) mass is 466 g/mol. The molecule has 0 aliphatic carbocycles. The topological polar surface area (TPSA) is 49.9 Å². The molecule has 0 saturated carbocycles. The second-order valence-corrected chi connectivity index (χ2v) is 15.5. The lowest BCUT2D eigenvalue weighted by atomic mass is 10.1. The first kappa shape index (κ1) is 25.3. The first-order valence-electron chi connectivity index (χ1n) is 11.8. The van der Waals surface area contributed by atoms with Crippen molar-refractivity contribution in [2.24, 2.45) is 0 Å². The maximum atomic E-state index is 13.0. The van der Waals surface area contributed by atoms with E-state index in [1.54, 1.807) is 12.1 Å². The number of hydrogen-bond acceptors (Lipinski definition) is 4. The summed E-state index contributed by atoms with van der Waals surface area (Å²) in [6.45, 7) is 14.6. The van der Waals surface area contributed by atoms with E-state index in [0.29, 0.717) is 24.2 Å². The van der Waals surface area contributed by atoms with Crippen molar-refractivity contribution in [2.75, 3.05) is 13.7 Å². The van der Waals surface area contributed by atoms with E-state index in [4.69, 9.17) is 4.43 Å². The molecule has 0 spiro atoms. The minimum Gasteiger partial charge on any atom is -0.415 e. The summed E-state index contributed by atoms with van der Waals surface area (Å²) in [5.41, 5.74) is 2.23. The van der Waals surface area contributed by atoms with Gasteiger partial charge in [-0.1, -0.05) is 63.2 Å². The quantitative estimate of drug-likeness (QED) is 0.357. The van der Waals surface area contributed by atoms with E-state index >= 15 is 0 Å². The van der Waals surface area contributed by atoms with Crippen molar-refractivity contribution in [1.82, 2.24) is 9.80 Å². The van der Waals surface area contributed by atoms with Gasteiger partial charge in [0.25, 0.3) is 11.8 Å². The van der Waals surface area contributed by atoms with Crippen molar-refractivity contribution in [1.29, 1.82) is 0 Å². The van der Waals surface area contributed by atoms with E-state index in [0.717, 1.165) is 6.54 Å². The number of likely N-dealkylation sites (N-methyl/N-ethyl adjacent to an activating group) is 1. The highest BCUT2D eigenvalue weighted by molar-refractivity contribution is 6.74. The number of amides is 2. The molecule has 0 fully saturated rings. The lowest BCUT2D eigenvalue weighted by Crippen LogP contribution is -2.48. The smallest absolute Gasteiger partial charge is 0.261 e. The summed E-state index contributed by atoms with van der Waals surface area (Å²) < 4.78 is 6.60. The van der Waals surface area contributed by atoms with Gasteiger partial charge < -0.3 is 4.43 Å². The fraction of sp³-hybridized carbons (Fsp3) is 0.481. The van der Waals surface area contributed by atoms with E-state index in [9.17, 15) is 9.59 Å². The average Bonchev–Trinajstić information content (AvgIpc) is 3.01. The van der Waals surface area contributed by atoms with Gasteiger partial charge in [-0.2, -0.15) is 0 Å². The number of benzene rings is 2. The summed E-state index contributed by atoms with van der Waals surface area (Å²) in [5.74, 6) is -0.393. The molecule has 0 saturated heterocycles. The van der Waals surface area contributed by atoms with Crippen LogP contribution in [0.4, 0.5) is 0 Å². The van der Waals surface area contributed by atoms with Gasteiger partial charge >= 0.3 is 0 Å². The van der Waals surface area contributed by atoms with Crippen LogP contribution in [0.15, 0.2) is 54.6 Å². The molecule has 2 amide bonds. The Bertz CT molecular complexity index is 949. The summed E-state index contributed by atoms with van der Waals surface area (Å²) in [5, 5.41) is 0.115. The Morgan fingerprint density at radius 3 is 1.97 bits per heavy atom. The molecule has 0 aromatic heterocycles. The number of carbonyl (C=O) groups is 2. The number of nitrogens with zero attached hydrogens (tertiary/aromatic N) is 2. The minimum absolute atomic E-state index is 0.0682. The number of carbonyl (C=O) groups excluding carboxylic acids is 2. The number of imide groups is 1. The minimum atomic E-state index is -1.94. The van der Waals surface area contributed by atoms with Gasteiger partial charge in [-0.3, -0.25) is 19.4 Å². The molecule has 0 radical (unpaired) electrons. The molecule has 1 aliphatic rings. The molecule has 2 atom stereocenters. The Morgan fingerprint density at radius 1 is 0.939 bits per heavy atom. The average molecular weight is 467 g/mol. The van der Waals surface area contributed by atoms with Crippen LogP contribution in [0.2, 0.25) is 18.1 Å². The van der Waals surface area contributed by atoms with E-state index in [2.05, 4.69) is 57.9 Å². The van der Waals surface area contributed by atoms with E-state index in [1.807, 2.05) is 37.3 Å². The Balaban J connectivity index is 1.78. The Hall–Kier alpha value is -2.28. The van der Waals surface area contributed by atoms with E-state index in [1.165, 1.54) is 10.5 Å². The predicted octanol–water partition coefficient (Wildman–Crippen LogP) is 5.58. The molecule has 1 heterocycles. The standard InChI is InChI=1S/C27H38N2O3Si/c1-20(29-25(30)23-15-11-12-16-24(23)26(29)31)17-22(19-32-33(6,7)27(2,3)4)28(5)18-21-13-9-8-10-14-21/h8-16,20,22H,17-19H2,1-7H3/t20-,22?/m1/s1. The van der Waals surface area contributed by atoms with Gasteiger partial charge in [-0.05, 0) is 56.2 Å². The number of hydrogen-bond donors (Lipinski definition) is 0. The molecular weight excluding hydrogens is 428 g/mol. The maximum absolute atomic E-state index is 13.0. The molecule has 1 aliphatic heterocycles. The summed E-state index contributed by atoms with van der Waals surface area (Å²) in [7, 11) is 0.158. The van der Waals surface area contributed by atoms with Gasteiger partial charge in [0.1, 0.15) is 0 Å². The van der Waals surface area contributed by atoms with Gasteiger partial charge in [0.2, 0.25) is 0 Å². The third-order valence-corrected chi connectivity index (χ3v) is 11.7. The molecule has 178 valence electrons. The third kappa shape index (κ3) is 5.62. The van der Waals surface area contributed by atoms with Crippen LogP contribution in [0.5, 0.6) is 0 Å². The molecule has 33 heavy (non-hydrogen) atoms. The van der Waals surface area contributed by atoms with Crippen molar-refractivity contribution in [3.8, 4) is 0 Å². The van der Waals surface area contributed by atoms with Crippen molar-refractivity contribution in [3.63, 3.8) is 0 Å². The zero-order valence-electron chi connectivity index (χ0n) is 21.1. The van der Waals surface area contributed by atoms with Crippen LogP contribution in [0.3, 0.4) is 0 Å². The van der Waals surface area contributed by atoms with Crippen LogP contribution >= 0.6 is 0 Å². The fourth-order valence-corrected chi connectivity index (χ4v) is 5.05. The van der Waals surface area contributed by atoms with Crippen LogP contribution in [-0.2, 0) is 11.0 Å². The highest BCUT2D eigenvalue weighted by Crippen LogP contribution is 2.37. The highest BCUT2D eigenvalue weighted by Gasteiger charge is 2.41. The molecule has 3 rings (SSSR count). The normalized spacial score (nSPS) is 16.3. The lowest BCUT2D eigenvalue weighted by Gasteiger charge is -2.39. The van der Waals surface area contributed by atoms with Crippen LogP contribution < -0.4 is 0 Å². The number of fused-ring (bicyclic) bond motifs is 1. The third-order valence-electron chi connectivity index (χ3n) is 7.22. The largest absolute Gasteiger partial charge is 0.415 e. The summed E-state index contributed by atoms with van der Waals surface area (Å²) >= 11 is 0. The van der Waals surface area contributed by atoms with Gasteiger partial charge in [0.05, 0.1) is 11.1 Å². The molecule has 6 heteroatoms. The second kappa shape index (κ2) is 9.91. The summed E-state index contributed by atoms with van der Waals surface area (Å²) in [6, 6.07) is 17.3. The zero-order valence-corrected chi connectivity index (χ0v) is 22.1. The van der Waals surface area contributed by atoms with Gasteiger partial charge in [-0.25, -0.2) is 0 Å². The van der Waals surface area contributed by atoms with Crippen molar-refractivity contribution in [3.05, 3.63) is 71.3 Å². The SMILES string of the molecule is C[C@H](CC(CO[Si](C)(C)C(C)(C)C)N(C)Cc1ccccc1)N1C(=O)c2ccccc2C1=O. The summed E-state index contributed by atoms with van der Waals surface area (Å²) in [6.07, 6.45) is 0.656. The first-order valence-corrected chi connectivity index (χ1v) is 14.7. The second-order valence-electron chi connectivity index (χ2n) is 10.7. The Morgan fingerprint density at radius 2 is 1.45 bits per heavy atom. The lowest BCUT2D eigenvalue weighted by molar-refractivity contribution is 0.0533. The van der Waals surface area contributed by atoms with E-state index < -0.39 is 8.32 Å². The Kier molecular flexibility index (Phi) is 7.61. The molecule has 2 aromatic carbocycles. The van der Waals surface area contributed by atoms with Crippen molar-refractivity contribution >= 4 is 20.1 Å². The molecule has 2 aromatic rings. The van der Waals surface area contributed by atoms with Crippen molar-refractivity contribution < 1.29 is 14.0 Å². The van der Waals surface area contributed by atoms with Crippen molar-refractivity contribution in [2.45, 2.75) is 70.9 Å². The van der Waals surface area contributed by atoms with Crippen LogP contribution in [0, 0.1) is 0 Å². The molecule has 5 nitrogen and oxygen atoms in total. The van der Waals surface area contributed by atoms with Gasteiger partial charge in [0, 0.05) is 25.2 Å². The summed E-state index contributed by atoms with van der Waals surface area (Å²) in [4.78, 5) is 29.7. The van der Waals surface area contributed by atoms with E-state index in [-0.39, 0.29) is 28.9 Å². The van der Waals surface area contributed by atoms with Gasteiger partial charge in [0.15, 0.2) is 8.32 Å². The number of rotatable bonds is 9. The Labute approximate surface area is 199 Å². The van der Waals surface area contributed by atoms with Gasteiger partial charge in [-0.15, -0.1) is 0 Å². The van der Waals surface area contributed by atoms with Crippen LogP contribution in [0.25, 0.3) is 0 Å². The highest BCUT2D eigenvalue weighted by atomic mass is 28.4. The molecule has 0 bridgehead atoms. The maximum Gasteiger partial charge on any atom is 0.261 e. The molecule has 0 N–H and O–H groups in total. The predicted molar refractivity (Wildman–Crippen MR) is 136 cm³/mol.